The van der Waals surface area contributed by atoms with Crippen molar-refractivity contribution < 1.29 is 22.7 Å². The first-order valence-electron chi connectivity index (χ1n) is 5.50. The minimum atomic E-state index is -4.38. The zero-order valence-corrected chi connectivity index (χ0v) is 9.98. The fourth-order valence-electron chi connectivity index (χ4n) is 1.60. The molecule has 19 heavy (non-hydrogen) atoms. The number of hydrogen-bond donors (Lipinski definition) is 1. The van der Waals surface area contributed by atoms with E-state index in [-0.39, 0.29) is 12.3 Å². The number of halogens is 3. The quantitative estimate of drug-likeness (QED) is 0.933. The lowest BCUT2D eigenvalue weighted by Gasteiger charge is -2.11. The van der Waals surface area contributed by atoms with Gasteiger partial charge in [0.2, 0.25) is 11.8 Å². The van der Waals surface area contributed by atoms with Crippen LogP contribution in [0.3, 0.4) is 0 Å². The van der Waals surface area contributed by atoms with E-state index in [1.54, 1.807) is 6.92 Å². The van der Waals surface area contributed by atoms with Crippen molar-refractivity contribution in [2.24, 2.45) is 0 Å². The smallest absolute Gasteiger partial charge is 0.416 e. The van der Waals surface area contributed by atoms with Gasteiger partial charge in [0.15, 0.2) is 0 Å². The summed E-state index contributed by atoms with van der Waals surface area (Å²) in [6.45, 7) is 1.61. The second kappa shape index (κ2) is 5.00. The molecule has 7 heteroatoms. The van der Waals surface area contributed by atoms with Gasteiger partial charge in [0.25, 0.3) is 0 Å². The molecule has 1 heterocycles. The van der Waals surface area contributed by atoms with E-state index in [2.05, 4.69) is 10.2 Å². The second-order valence-electron chi connectivity index (χ2n) is 4.05. The molecule has 102 valence electrons. The van der Waals surface area contributed by atoms with Crippen LogP contribution in [0.2, 0.25) is 0 Å². The molecule has 0 spiro atoms. The summed E-state index contributed by atoms with van der Waals surface area (Å²) in [5, 5.41) is 17.2. The zero-order valence-electron chi connectivity index (χ0n) is 9.98. The van der Waals surface area contributed by atoms with Crippen LogP contribution in [0.1, 0.15) is 29.0 Å². The molecule has 0 aliphatic heterocycles. The molecule has 2 aromatic rings. The molecular formula is C12H11F3N2O2. The molecule has 0 bridgehead atoms. The Bertz CT molecular complexity index is 549. The van der Waals surface area contributed by atoms with E-state index in [0.29, 0.717) is 11.5 Å². The fraction of sp³-hybridized carbons (Fsp3) is 0.333. The Morgan fingerprint density at radius 1 is 1.21 bits per heavy atom. The lowest BCUT2D eigenvalue weighted by atomic mass is 10.0. The predicted molar refractivity (Wildman–Crippen MR) is 59.1 cm³/mol. The van der Waals surface area contributed by atoms with Crippen LogP contribution < -0.4 is 0 Å². The van der Waals surface area contributed by atoms with Crippen LogP contribution in [-0.4, -0.2) is 15.3 Å². The number of rotatable bonds is 3. The van der Waals surface area contributed by atoms with Gasteiger partial charge in [-0.05, 0) is 17.7 Å². The number of aliphatic hydroxyl groups excluding tert-OH is 1. The summed E-state index contributed by atoms with van der Waals surface area (Å²) >= 11 is 0. The minimum absolute atomic E-state index is 0.0617. The van der Waals surface area contributed by atoms with Crippen LogP contribution in [0.4, 0.5) is 13.2 Å². The van der Waals surface area contributed by atoms with Gasteiger partial charge in [-0.1, -0.05) is 12.1 Å². The highest BCUT2D eigenvalue weighted by Crippen LogP contribution is 2.30. The van der Waals surface area contributed by atoms with Crippen molar-refractivity contribution in [2.75, 3.05) is 0 Å². The largest absolute Gasteiger partial charge is 0.425 e. The molecule has 1 atom stereocenters. The Morgan fingerprint density at radius 2 is 1.84 bits per heavy atom. The SMILES string of the molecule is Cc1nnc(C[C@@H](O)c2ccc(C(F)(F)F)cc2)o1. The molecule has 0 amide bonds. The van der Waals surface area contributed by atoms with Crippen molar-refractivity contribution in [1.29, 1.82) is 0 Å². The fourth-order valence-corrected chi connectivity index (χ4v) is 1.60. The Balaban J connectivity index is 2.09. The molecule has 0 aliphatic rings. The van der Waals surface area contributed by atoms with Crippen molar-refractivity contribution in [2.45, 2.75) is 25.6 Å². The lowest BCUT2D eigenvalue weighted by Crippen LogP contribution is -2.06. The first-order chi connectivity index (χ1) is 8.86. The average molecular weight is 272 g/mol. The Hall–Kier alpha value is -1.89. The standard InChI is InChI=1S/C12H11F3N2O2/c1-7-16-17-11(19-7)6-10(18)8-2-4-9(5-3-8)12(13,14)15/h2-5,10,18H,6H2,1H3/t10-/m1/s1. The highest BCUT2D eigenvalue weighted by atomic mass is 19.4. The van der Waals surface area contributed by atoms with Gasteiger partial charge < -0.3 is 9.52 Å². The Morgan fingerprint density at radius 3 is 2.32 bits per heavy atom. The van der Waals surface area contributed by atoms with Crippen molar-refractivity contribution in [3.63, 3.8) is 0 Å². The number of aliphatic hydroxyl groups is 1. The molecule has 1 aromatic carbocycles. The summed E-state index contributed by atoms with van der Waals surface area (Å²) in [5.41, 5.74) is -0.388. The van der Waals surface area contributed by atoms with Crippen LogP contribution in [0.15, 0.2) is 28.7 Å². The molecule has 2 rings (SSSR count). The number of alkyl halides is 3. The second-order valence-corrected chi connectivity index (χ2v) is 4.05. The van der Waals surface area contributed by atoms with Crippen molar-refractivity contribution in [3.8, 4) is 0 Å². The van der Waals surface area contributed by atoms with Crippen molar-refractivity contribution in [1.82, 2.24) is 10.2 Å². The highest BCUT2D eigenvalue weighted by Gasteiger charge is 2.30. The van der Waals surface area contributed by atoms with E-state index in [4.69, 9.17) is 4.42 Å². The molecule has 0 saturated heterocycles. The van der Waals surface area contributed by atoms with Crippen LogP contribution in [0.25, 0.3) is 0 Å². The molecular weight excluding hydrogens is 261 g/mol. The van der Waals surface area contributed by atoms with E-state index in [0.717, 1.165) is 12.1 Å². The first kappa shape index (κ1) is 13.5. The number of hydrogen-bond acceptors (Lipinski definition) is 4. The van der Waals surface area contributed by atoms with Gasteiger partial charge in [0.1, 0.15) is 0 Å². The van der Waals surface area contributed by atoms with Gasteiger partial charge in [-0.2, -0.15) is 13.2 Å². The summed E-state index contributed by atoms with van der Waals surface area (Å²) < 4.78 is 42.2. The van der Waals surface area contributed by atoms with E-state index in [1.165, 1.54) is 12.1 Å². The summed E-state index contributed by atoms with van der Waals surface area (Å²) in [5.74, 6) is 0.611. The molecule has 1 aromatic heterocycles. The maximum Gasteiger partial charge on any atom is 0.416 e. The predicted octanol–water partition coefficient (Wildman–Crippen LogP) is 2.67. The van der Waals surface area contributed by atoms with Gasteiger partial charge in [-0.3, -0.25) is 0 Å². The van der Waals surface area contributed by atoms with Crippen LogP contribution in [-0.2, 0) is 12.6 Å². The molecule has 1 N–H and O–H groups in total. The molecule has 0 fully saturated rings. The number of benzene rings is 1. The molecule has 0 saturated carbocycles. The van der Waals surface area contributed by atoms with Gasteiger partial charge in [-0.25, -0.2) is 0 Å². The third-order valence-corrected chi connectivity index (χ3v) is 2.56. The monoisotopic (exact) mass is 272 g/mol. The maximum absolute atomic E-state index is 12.4. The Labute approximate surface area is 106 Å². The third-order valence-electron chi connectivity index (χ3n) is 2.56. The number of nitrogens with zero attached hydrogens (tertiary/aromatic N) is 2. The van der Waals surface area contributed by atoms with Gasteiger partial charge in [-0.15, -0.1) is 10.2 Å². The first-order valence-corrected chi connectivity index (χ1v) is 5.50. The van der Waals surface area contributed by atoms with Gasteiger partial charge in [0.05, 0.1) is 18.1 Å². The number of aromatic nitrogens is 2. The third kappa shape index (κ3) is 3.31. The van der Waals surface area contributed by atoms with Crippen LogP contribution in [0.5, 0.6) is 0 Å². The molecule has 0 radical (unpaired) electrons. The minimum Gasteiger partial charge on any atom is -0.425 e. The zero-order chi connectivity index (χ0) is 14.0. The van der Waals surface area contributed by atoms with E-state index >= 15 is 0 Å². The van der Waals surface area contributed by atoms with E-state index < -0.39 is 17.8 Å². The molecule has 0 unspecified atom stereocenters. The van der Waals surface area contributed by atoms with Crippen LogP contribution in [0, 0.1) is 6.92 Å². The summed E-state index contributed by atoms with van der Waals surface area (Å²) in [6, 6.07) is 4.32. The van der Waals surface area contributed by atoms with Gasteiger partial charge in [0, 0.05) is 6.92 Å². The summed E-state index contributed by atoms with van der Waals surface area (Å²) in [4.78, 5) is 0. The van der Waals surface area contributed by atoms with E-state index in [1.807, 2.05) is 0 Å². The topological polar surface area (TPSA) is 59.2 Å². The van der Waals surface area contributed by atoms with Gasteiger partial charge >= 0.3 is 6.18 Å². The summed E-state index contributed by atoms with van der Waals surface area (Å²) in [7, 11) is 0. The average Bonchev–Trinajstić information content (AvgIpc) is 2.74. The maximum atomic E-state index is 12.4. The Kier molecular flexibility index (Phi) is 3.57. The van der Waals surface area contributed by atoms with E-state index in [9.17, 15) is 18.3 Å². The molecule has 0 aliphatic carbocycles. The normalized spacial score (nSPS) is 13.5. The molecule has 4 nitrogen and oxygen atoms in total. The van der Waals surface area contributed by atoms with Crippen molar-refractivity contribution in [3.05, 3.63) is 47.2 Å². The highest BCUT2D eigenvalue weighted by molar-refractivity contribution is 5.26. The number of aryl methyl sites for hydroxylation is 1. The van der Waals surface area contributed by atoms with Crippen LogP contribution >= 0.6 is 0 Å². The summed E-state index contributed by atoms with van der Waals surface area (Å²) in [6.07, 6.45) is -5.30. The van der Waals surface area contributed by atoms with Crippen molar-refractivity contribution >= 4 is 0 Å². The lowest BCUT2D eigenvalue weighted by molar-refractivity contribution is -0.137.